The third-order valence-corrected chi connectivity index (χ3v) is 3.44. The zero-order valence-corrected chi connectivity index (χ0v) is 10.3. The minimum atomic E-state index is 0.0186. The molecule has 2 heterocycles. The van der Waals surface area contributed by atoms with Gasteiger partial charge in [-0.25, -0.2) is 9.67 Å². The number of aromatic nitrogens is 6. The van der Waals surface area contributed by atoms with Gasteiger partial charge in [0.05, 0.1) is 24.2 Å². The number of hydrogen-bond donors (Lipinski definition) is 1. The fourth-order valence-electron chi connectivity index (χ4n) is 2.04. The summed E-state index contributed by atoms with van der Waals surface area (Å²) in [4.78, 5) is 7.00. The van der Waals surface area contributed by atoms with E-state index in [1.807, 2.05) is 0 Å². The minimum absolute atomic E-state index is 0.0186. The number of nitrogens with zero attached hydrogens (tertiary/aromatic N) is 5. The Morgan fingerprint density at radius 3 is 3.06 bits per heavy atom. The van der Waals surface area contributed by atoms with E-state index in [1.165, 1.54) is 6.42 Å². The van der Waals surface area contributed by atoms with Gasteiger partial charge in [0, 0.05) is 6.20 Å². The summed E-state index contributed by atoms with van der Waals surface area (Å²) in [6.07, 6.45) is 6.89. The van der Waals surface area contributed by atoms with Crippen molar-refractivity contribution >= 4 is 0 Å². The Labute approximate surface area is 105 Å². The van der Waals surface area contributed by atoms with Crippen LogP contribution in [0.2, 0.25) is 0 Å². The molecule has 7 heteroatoms. The smallest absolute Gasteiger partial charge is 0.177 e. The predicted molar refractivity (Wildman–Crippen MR) is 62.6 cm³/mol. The first-order valence-corrected chi connectivity index (χ1v) is 6.11. The molecular formula is C11H16N6O. The van der Waals surface area contributed by atoms with Gasteiger partial charge in [0.1, 0.15) is 6.61 Å². The topological polar surface area (TPSA) is 81.5 Å². The second-order valence-electron chi connectivity index (χ2n) is 4.92. The van der Waals surface area contributed by atoms with Crippen LogP contribution in [0, 0.1) is 0 Å². The van der Waals surface area contributed by atoms with Crippen LogP contribution in [0.1, 0.15) is 37.7 Å². The highest BCUT2D eigenvalue weighted by Crippen LogP contribution is 2.35. The molecular weight excluding hydrogens is 232 g/mol. The van der Waals surface area contributed by atoms with Crippen molar-refractivity contribution in [1.29, 1.82) is 0 Å². The van der Waals surface area contributed by atoms with Crippen LogP contribution in [-0.4, -0.2) is 35.8 Å². The normalized spacial score (nSPS) is 17.6. The maximum absolute atomic E-state index is 5.88. The molecule has 0 aromatic carbocycles. The number of imidazole rings is 1. The van der Waals surface area contributed by atoms with E-state index in [1.54, 1.807) is 17.2 Å². The molecule has 0 radical (unpaired) electrons. The maximum Gasteiger partial charge on any atom is 0.177 e. The molecule has 0 amide bonds. The molecule has 7 nitrogen and oxygen atoms in total. The summed E-state index contributed by atoms with van der Waals surface area (Å²) < 4.78 is 7.61. The molecule has 0 atom stereocenters. The van der Waals surface area contributed by atoms with Crippen molar-refractivity contribution in [2.24, 2.45) is 0 Å². The lowest BCUT2D eigenvalue weighted by Gasteiger charge is -2.37. The molecule has 1 aliphatic rings. The Balaban J connectivity index is 1.64. The number of rotatable bonds is 5. The van der Waals surface area contributed by atoms with Crippen molar-refractivity contribution in [3.63, 3.8) is 0 Å². The van der Waals surface area contributed by atoms with E-state index >= 15 is 0 Å². The van der Waals surface area contributed by atoms with Crippen LogP contribution < -0.4 is 0 Å². The lowest BCUT2D eigenvalue weighted by Crippen LogP contribution is -2.36. The van der Waals surface area contributed by atoms with Crippen molar-refractivity contribution < 1.29 is 4.74 Å². The van der Waals surface area contributed by atoms with Gasteiger partial charge in [-0.05, 0) is 36.6 Å². The Bertz CT molecular complexity index is 501. The SMILES string of the molecule is CC1(OCc2nnnn2Cc2cnc[nH]2)CCC1. The molecule has 1 saturated carbocycles. The number of aromatic amines is 1. The fraction of sp³-hybridized carbons (Fsp3) is 0.636. The predicted octanol–water partition coefficient (Wildman–Crippen LogP) is 0.904. The van der Waals surface area contributed by atoms with E-state index in [9.17, 15) is 0 Å². The lowest BCUT2D eigenvalue weighted by molar-refractivity contribution is -0.0980. The van der Waals surface area contributed by atoms with Crippen molar-refractivity contribution in [2.45, 2.75) is 44.9 Å². The second kappa shape index (κ2) is 4.49. The third-order valence-electron chi connectivity index (χ3n) is 3.44. The van der Waals surface area contributed by atoms with Gasteiger partial charge in [-0.2, -0.15) is 0 Å². The Morgan fingerprint density at radius 1 is 1.50 bits per heavy atom. The lowest BCUT2D eigenvalue weighted by atomic mass is 9.82. The van der Waals surface area contributed by atoms with Crippen molar-refractivity contribution in [3.05, 3.63) is 24.0 Å². The molecule has 2 aromatic heterocycles. The first kappa shape index (κ1) is 11.3. The van der Waals surface area contributed by atoms with Gasteiger partial charge in [-0.3, -0.25) is 0 Å². The van der Waals surface area contributed by atoms with Crippen LogP contribution >= 0.6 is 0 Å². The summed E-state index contributed by atoms with van der Waals surface area (Å²) in [5, 5.41) is 11.7. The van der Waals surface area contributed by atoms with Gasteiger partial charge in [0.25, 0.3) is 0 Å². The highest BCUT2D eigenvalue weighted by Gasteiger charge is 2.33. The van der Waals surface area contributed by atoms with Crippen molar-refractivity contribution in [1.82, 2.24) is 30.2 Å². The standard InChI is InChI=1S/C11H16N6O/c1-11(3-2-4-11)18-7-10-14-15-16-17(10)6-9-5-12-8-13-9/h5,8H,2-4,6-7H2,1H3,(H,12,13). The van der Waals surface area contributed by atoms with E-state index in [0.29, 0.717) is 13.2 Å². The molecule has 0 saturated heterocycles. The fourth-order valence-corrected chi connectivity index (χ4v) is 2.04. The van der Waals surface area contributed by atoms with Crippen LogP contribution in [0.15, 0.2) is 12.5 Å². The molecule has 18 heavy (non-hydrogen) atoms. The van der Waals surface area contributed by atoms with Gasteiger partial charge < -0.3 is 9.72 Å². The van der Waals surface area contributed by atoms with Gasteiger partial charge >= 0.3 is 0 Å². The number of nitrogens with one attached hydrogen (secondary N) is 1. The number of ether oxygens (including phenoxy) is 1. The van der Waals surface area contributed by atoms with Crippen LogP contribution in [-0.2, 0) is 17.9 Å². The second-order valence-corrected chi connectivity index (χ2v) is 4.92. The first-order valence-electron chi connectivity index (χ1n) is 6.11. The van der Waals surface area contributed by atoms with E-state index in [2.05, 4.69) is 32.4 Å². The highest BCUT2D eigenvalue weighted by molar-refractivity contribution is 4.96. The van der Waals surface area contributed by atoms with E-state index < -0.39 is 0 Å². The Morgan fingerprint density at radius 2 is 2.39 bits per heavy atom. The largest absolute Gasteiger partial charge is 0.367 e. The van der Waals surface area contributed by atoms with Gasteiger partial charge in [-0.15, -0.1) is 5.10 Å². The number of H-pyrrole nitrogens is 1. The van der Waals surface area contributed by atoms with E-state index in [4.69, 9.17) is 4.74 Å². The highest BCUT2D eigenvalue weighted by atomic mass is 16.5. The maximum atomic E-state index is 5.88. The molecule has 0 spiro atoms. The molecule has 0 bridgehead atoms. The van der Waals surface area contributed by atoms with Gasteiger partial charge in [-0.1, -0.05) is 0 Å². The molecule has 1 fully saturated rings. The zero-order chi connectivity index (χ0) is 12.4. The number of tetrazole rings is 1. The molecule has 0 aliphatic heterocycles. The first-order chi connectivity index (χ1) is 8.75. The summed E-state index contributed by atoms with van der Waals surface area (Å²) >= 11 is 0. The molecule has 3 rings (SSSR count). The average Bonchev–Trinajstić information content (AvgIpc) is 2.96. The molecule has 0 unspecified atom stereocenters. The molecule has 2 aromatic rings. The van der Waals surface area contributed by atoms with E-state index in [0.717, 1.165) is 24.4 Å². The Hall–Kier alpha value is -1.76. The third kappa shape index (κ3) is 2.26. The van der Waals surface area contributed by atoms with Gasteiger partial charge in [0.2, 0.25) is 0 Å². The van der Waals surface area contributed by atoms with Gasteiger partial charge in [0.15, 0.2) is 5.82 Å². The molecule has 96 valence electrons. The van der Waals surface area contributed by atoms with Crippen molar-refractivity contribution in [2.75, 3.05) is 0 Å². The van der Waals surface area contributed by atoms with Crippen molar-refractivity contribution in [3.8, 4) is 0 Å². The summed E-state index contributed by atoms with van der Waals surface area (Å²) in [6, 6.07) is 0. The monoisotopic (exact) mass is 248 g/mol. The average molecular weight is 248 g/mol. The van der Waals surface area contributed by atoms with Crippen LogP contribution in [0.4, 0.5) is 0 Å². The summed E-state index contributed by atoms with van der Waals surface area (Å²) in [7, 11) is 0. The van der Waals surface area contributed by atoms with Crippen LogP contribution in [0.5, 0.6) is 0 Å². The van der Waals surface area contributed by atoms with E-state index in [-0.39, 0.29) is 5.60 Å². The molecule has 1 N–H and O–H groups in total. The number of hydrogen-bond acceptors (Lipinski definition) is 5. The minimum Gasteiger partial charge on any atom is -0.367 e. The summed E-state index contributed by atoms with van der Waals surface area (Å²) in [5.74, 6) is 0.748. The van der Waals surface area contributed by atoms with Crippen LogP contribution in [0.25, 0.3) is 0 Å². The Kier molecular flexibility index (Phi) is 2.83. The quantitative estimate of drug-likeness (QED) is 0.850. The zero-order valence-electron chi connectivity index (χ0n) is 10.3. The van der Waals surface area contributed by atoms with Crippen LogP contribution in [0.3, 0.4) is 0 Å². The summed E-state index contributed by atoms with van der Waals surface area (Å²) in [5.41, 5.74) is 0.989. The summed E-state index contributed by atoms with van der Waals surface area (Å²) in [6.45, 7) is 3.18. The molecule has 1 aliphatic carbocycles.